The Morgan fingerprint density at radius 3 is 2.25 bits per heavy atom. The highest BCUT2D eigenvalue weighted by Crippen LogP contribution is 2.35. The monoisotopic (exact) mass is 168 g/mol. The summed E-state index contributed by atoms with van der Waals surface area (Å²) in [6.45, 7) is 7.32. The summed E-state index contributed by atoms with van der Waals surface area (Å²) in [6.07, 6.45) is 0.530. The summed E-state index contributed by atoms with van der Waals surface area (Å²) in [5, 5.41) is 19.5. The molecule has 2 nitrogen and oxygen atoms in total. The zero-order valence-electron chi connectivity index (χ0n) is 8.10. The van der Waals surface area contributed by atoms with Gasteiger partial charge in [0, 0.05) is 6.42 Å². The van der Waals surface area contributed by atoms with Gasteiger partial charge in [0.25, 0.3) is 0 Å². The third kappa shape index (κ3) is 1.27. The molecule has 1 rings (SSSR count). The van der Waals surface area contributed by atoms with E-state index >= 15 is 0 Å². The fourth-order valence-corrected chi connectivity index (χ4v) is 1.63. The van der Waals surface area contributed by atoms with Gasteiger partial charge >= 0.3 is 0 Å². The Labute approximate surface area is 73.2 Å². The van der Waals surface area contributed by atoms with Crippen LogP contribution in [0.5, 0.6) is 0 Å². The maximum atomic E-state index is 9.90. The van der Waals surface area contributed by atoms with Gasteiger partial charge in [-0.25, -0.2) is 0 Å². The average molecular weight is 168 g/mol. The Bertz CT molecular complexity index is 270. The third-order valence-electron chi connectivity index (χ3n) is 2.74. The predicted octanol–water partition coefficient (Wildman–Crippen LogP) is 2.31. The van der Waals surface area contributed by atoms with Gasteiger partial charge in [0.2, 0.25) is 0 Å². The molecule has 1 unspecified atom stereocenters. The van der Waals surface area contributed by atoms with Crippen molar-refractivity contribution in [2.24, 2.45) is 0 Å². The molecule has 0 saturated heterocycles. The quantitative estimate of drug-likeness (QED) is 0.582. The molecule has 0 fully saturated rings. The Hall–Kier alpha value is -0.760. The van der Waals surface area contributed by atoms with E-state index in [1.165, 1.54) is 0 Å². The fraction of sp³-hybridized carbons (Fsp3) is 0.600. The molecule has 2 heteroatoms. The van der Waals surface area contributed by atoms with E-state index in [0.717, 1.165) is 16.7 Å². The van der Waals surface area contributed by atoms with Gasteiger partial charge in [-0.15, -0.1) is 0 Å². The molecular weight excluding hydrogens is 152 g/mol. The van der Waals surface area contributed by atoms with E-state index in [0.29, 0.717) is 12.2 Å². The van der Waals surface area contributed by atoms with Crippen LogP contribution in [0.4, 0.5) is 0 Å². The predicted molar refractivity (Wildman–Crippen MR) is 48.9 cm³/mol. The molecule has 0 heterocycles. The minimum atomic E-state index is -0.777. The molecule has 0 aromatic carbocycles. The summed E-state index contributed by atoms with van der Waals surface area (Å²) in [6, 6.07) is 0. The molecule has 12 heavy (non-hydrogen) atoms. The molecule has 1 aliphatic rings. The van der Waals surface area contributed by atoms with Crippen LogP contribution >= 0.6 is 0 Å². The highest BCUT2D eigenvalue weighted by Gasteiger charge is 2.30. The minimum Gasteiger partial charge on any atom is -0.508 e. The second-order valence-electron chi connectivity index (χ2n) is 3.83. The molecule has 2 N–H and O–H groups in total. The number of hydrogen-bond donors (Lipinski definition) is 2. The van der Waals surface area contributed by atoms with Crippen molar-refractivity contribution in [1.82, 2.24) is 0 Å². The lowest BCUT2D eigenvalue weighted by molar-refractivity contribution is 0.0928. The number of allylic oxidation sites excluding steroid dienone is 1. The lowest BCUT2D eigenvalue weighted by atomic mass is 9.81. The standard InChI is InChI=1S/C10H16O2/c1-6-5-10(4,12)8(3)7(2)9(6)11/h11-12H,5H2,1-4H3. The molecule has 1 atom stereocenters. The first kappa shape index (κ1) is 9.33. The summed E-state index contributed by atoms with van der Waals surface area (Å²) in [7, 11) is 0. The van der Waals surface area contributed by atoms with Crippen LogP contribution in [0.3, 0.4) is 0 Å². The summed E-state index contributed by atoms with van der Waals surface area (Å²) in [5.41, 5.74) is 1.76. The minimum absolute atomic E-state index is 0.346. The second kappa shape index (κ2) is 2.63. The highest BCUT2D eigenvalue weighted by molar-refractivity contribution is 5.40. The summed E-state index contributed by atoms with van der Waals surface area (Å²) >= 11 is 0. The smallest absolute Gasteiger partial charge is 0.117 e. The molecule has 0 radical (unpaired) electrons. The van der Waals surface area contributed by atoms with Crippen LogP contribution in [0.2, 0.25) is 0 Å². The second-order valence-corrected chi connectivity index (χ2v) is 3.83. The topological polar surface area (TPSA) is 40.5 Å². The van der Waals surface area contributed by atoms with E-state index in [-0.39, 0.29) is 0 Å². The van der Waals surface area contributed by atoms with Crippen molar-refractivity contribution in [2.45, 2.75) is 39.7 Å². The third-order valence-corrected chi connectivity index (χ3v) is 2.74. The first-order valence-electron chi connectivity index (χ1n) is 4.15. The highest BCUT2D eigenvalue weighted by atomic mass is 16.3. The zero-order valence-corrected chi connectivity index (χ0v) is 8.10. The van der Waals surface area contributed by atoms with Crippen molar-refractivity contribution in [3.05, 3.63) is 22.5 Å². The molecule has 68 valence electrons. The molecule has 0 aromatic rings. The van der Waals surface area contributed by atoms with Gasteiger partial charge in [-0.2, -0.15) is 0 Å². The zero-order chi connectivity index (χ0) is 9.52. The van der Waals surface area contributed by atoms with Crippen molar-refractivity contribution < 1.29 is 10.2 Å². The molecule has 0 aromatic heterocycles. The van der Waals surface area contributed by atoms with Crippen LogP contribution in [0.15, 0.2) is 22.5 Å². The first-order chi connectivity index (χ1) is 5.36. The first-order valence-corrected chi connectivity index (χ1v) is 4.15. The van der Waals surface area contributed by atoms with Crippen LogP contribution in [0.1, 0.15) is 34.1 Å². The van der Waals surface area contributed by atoms with Crippen LogP contribution in [-0.2, 0) is 0 Å². The number of aliphatic hydroxyl groups is 2. The Balaban J connectivity index is 3.20. The SMILES string of the molecule is CC1=C(O)C(C)=C(C)C(C)(O)C1. The van der Waals surface area contributed by atoms with E-state index in [4.69, 9.17) is 0 Å². The summed E-state index contributed by atoms with van der Waals surface area (Å²) in [5.74, 6) is 0.346. The van der Waals surface area contributed by atoms with Crippen LogP contribution in [0, 0.1) is 0 Å². The summed E-state index contributed by atoms with van der Waals surface area (Å²) < 4.78 is 0. The Morgan fingerprint density at radius 1 is 1.25 bits per heavy atom. The van der Waals surface area contributed by atoms with Crippen LogP contribution in [-0.4, -0.2) is 15.8 Å². The molecular formula is C10H16O2. The lowest BCUT2D eigenvalue weighted by Gasteiger charge is -2.31. The molecule has 0 spiro atoms. The maximum Gasteiger partial charge on any atom is 0.117 e. The van der Waals surface area contributed by atoms with Gasteiger partial charge in [0.05, 0.1) is 5.60 Å². The number of hydrogen-bond acceptors (Lipinski definition) is 2. The van der Waals surface area contributed by atoms with Crippen molar-refractivity contribution in [2.75, 3.05) is 0 Å². The number of aliphatic hydroxyl groups excluding tert-OH is 1. The molecule has 0 bridgehead atoms. The van der Waals surface area contributed by atoms with E-state index in [9.17, 15) is 10.2 Å². The summed E-state index contributed by atoms with van der Waals surface area (Å²) in [4.78, 5) is 0. The molecule has 0 saturated carbocycles. The lowest BCUT2D eigenvalue weighted by Crippen LogP contribution is -2.30. The van der Waals surface area contributed by atoms with Crippen molar-refractivity contribution in [3.63, 3.8) is 0 Å². The van der Waals surface area contributed by atoms with Gasteiger partial charge < -0.3 is 10.2 Å². The largest absolute Gasteiger partial charge is 0.508 e. The van der Waals surface area contributed by atoms with E-state index < -0.39 is 5.60 Å². The van der Waals surface area contributed by atoms with Crippen molar-refractivity contribution in [3.8, 4) is 0 Å². The maximum absolute atomic E-state index is 9.90. The van der Waals surface area contributed by atoms with Crippen LogP contribution < -0.4 is 0 Å². The van der Waals surface area contributed by atoms with Gasteiger partial charge in [0.15, 0.2) is 0 Å². The fourth-order valence-electron chi connectivity index (χ4n) is 1.63. The Morgan fingerprint density at radius 2 is 1.75 bits per heavy atom. The van der Waals surface area contributed by atoms with Gasteiger partial charge in [-0.3, -0.25) is 0 Å². The molecule has 0 aliphatic heterocycles. The van der Waals surface area contributed by atoms with E-state index in [2.05, 4.69) is 0 Å². The van der Waals surface area contributed by atoms with E-state index in [1.54, 1.807) is 6.92 Å². The number of rotatable bonds is 0. The van der Waals surface area contributed by atoms with Crippen LogP contribution in [0.25, 0.3) is 0 Å². The molecule has 1 aliphatic carbocycles. The van der Waals surface area contributed by atoms with Gasteiger partial charge in [0.1, 0.15) is 5.76 Å². The van der Waals surface area contributed by atoms with E-state index in [1.807, 2.05) is 20.8 Å². The van der Waals surface area contributed by atoms with Gasteiger partial charge in [-0.05, 0) is 44.4 Å². The van der Waals surface area contributed by atoms with Crippen molar-refractivity contribution in [1.29, 1.82) is 0 Å². The average Bonchev–Trinajstić information content (AvgIpc) is 1.97. The van der Waals surface area contributed by atoms with Crippen molar-refractivity contribution >= 4 is 0 Å². The normalized spacial score (nSPS) is 31.4. The van der Waals surface area contributed by atoms with Gasteiger partial charge in [-0.1, -0.05) is 0 Å². The molecule has 0 amide bonds. The Kier molecular flexibility index (Phi) is 2.04.